The van der Waals surface area contributed by atoms with Crippen LogP contribution in [0.15, 0.2) is 30.7 Å². The van der Waals surface area contributed by atoms with Crippen molar-refractivity contribution in [2.75, 3.05) is 11.1 Å². The molecule has 3 N–H and O–H groups in total. The maximum atomic E-state index is 5.54. The molecule has 0 radical (unpaired) electrons. The first-order valence-electron chi connectivity index (χ1n) is 4.52. The Hall–Kier alpha value is -2.17. The second-order valence-electron chi connectivity index (χ2n) is 3.12. The number of nitrogens with two attached hydrogens (primary N) is 1. The van der Waals surface area contributed by atoms with Crippen LogP contribution in [0, 0.1) is 6.92 Å². The molecule has 76 valence electrons. The molecule has 0 amide bonds. The first kappa shape index (κ1) is 9.39. The summed E-state index contributed by atoms with van der Waals surface area (Å²) in [5.41, 5.74) is 7.50. The van der Waals surface area contributed by atoms with Gasteiger partial charge in [-0.2, -0.15) is 4.98 Å². The van der Waals surface area contributed by atoms with Gasteiger partial charge in [0.2, 0.25) is 5.95 Å². The van der Waals surface area contributed by atoms with Gasteiger partial charge in [-0.15, -0.1) is 0 Å². The molecular formula is C10H11N5. The molecule has 0 aromatic carbocycles. The van der Waals surface area contributed by atoms with Crippen LogP contribution in [0.3, 0.4) is 0 Å². The van der Waals surface area contributed by atoms with Gasteiger partial charge in [0.1, 0.15) is 5.82 Å². The SMILES string of the molecule is Cc1ccncc1Nc1nccc(N)n1. The lowest BCUT2D eigenvalue weighted by molar-refractivity contribution is 1.16. The van der Waals surface area contributed by atoms with Gasteiger partial charge in [0, 0.05) is 12.4 Å². The third-order valence-corrected chi connectivity index (χ3v) is 1.96. The lowest BCUT2D eigenvalue weighted by Gasteiger charge is -2.06. The molecule has 5 heteroatoms. The van der Waals surface area contributed by atoms with Gasteiger partial charge in [0.05, 0.1) is 11.9 Å². The predicted molar refractivity (Wildman–Crippen MR) is 58.7 cm³/mol. The minimum absolute atomic E-state index is 0.439. The number of hydrogen-bond donors (Lipinski definition) is 2. The van der Waals surface area contributed by atoms with Crippen LogP contribution in [-0.2, 0) is 0 Å². The molecular weight excluding hydrogens is 190 g/mol. The van der Waals surface area contributed by atoms with Crippen LogP contribution >= 0.6 is 0 Å². The maximum Gasteiger partial charge on any atom is 0.229 e. The predicted octanol–water partition coefficient (Wildman–Crippen LogP) is 1.51. The van der Waals surface area contributed by atoms with Gasteiger partial charge in [-0.25, -0.2) is 4.98 Å². The zero-order chi connectivity index (χ0) is 10.7. The second kappa shape index (κ2) is 3.91. The van der Waals surface area contributed by atoms with E-state index in [0.29, 0.717) is 11.8 Å². The first-order chi connectivity index (χ1) is 7.25. The van der Waals surface area contributed by atoms with Crippen LogP contribution < -0.4 is 11.1 Å². The summed E-state index contributed by atoms with van der Waals surface area (Å²) in [4.78, 5) is 12.1. The Morgan fingerprint density at radius 3 is 2.87 bits per heavy atom. The van der Waals surface area contributed by atoms with Crippen molar-refractivity contribution in [1.29, 1.82) is 0 Å². The van der Waals surface area contributed by atoms with Crippen molar-refractivity contribution in [2.45, 2.75) is 6.92 Å². The minimum atomic E-state index is 0.439. The van der Waals surface area contributed by atoms with Gasteiger partial charge < -0.3 is 11.1 Å². The summed E-state index contributed by atoms with van der Waals surface area (Å²) in [6.45, 7) is 1.98. The monoisotopic (exact) mass is 201 g/mol. The number of hydrogen-bond acceptors (Lipinski definition) is 5. The Kier molecular flexibility index (Phi) is 2.45. The number of nitrogens with zero attached hydrogens (tertiary/aromatic N) is 3. The molecule has 0 saturated heterocycles. The van der Waals surface area contributed by atoms with E-state index in [2.05, 4.69) is 20.3 Å². The highest BCUT2D eigenvalue weighted by Gasteiger charge is 2.00. The fourth-order valence-corrected chi connectivity index (χ4v) is 1.15. The van der Waals surface area contributed by atoms with E-state index < -0.39 is 0 Å². The molecule has 0 aliphatic heterocycles. The van der Waals surface area contributed by atoms with Crippen molar-refractivity contribution in [2.24, 2.45) is 0 Å². The number of anilines is 3. The summed E-state index contributed by atoms with van der Waals surface area (Å²) < 4.78 is 0. The Bertz CT molecular complexity index is 469. The van der Waals surface area contributed by atoms with E-state index in [9.17, 15) is 0 Å². The molecule has 0 fully saturated rings. The normalized spacial score (nSPS) is 9.93. The number of aryl methyl sites for hydroxylation is 1. The van der Waals surface area contributed by atoms with E-state index in [1.807, 2.05) is 13.0 Å². The van der Waals surface area contributed by atoms with Crippen molar-refractivity contribution in [3.8, 4) is 0 Å². The number of pyridine rings is 1. The summed E-state index contributed by atoms with van der Waals surface area (Å²) in [5, 5.41) is 3.05. The zero-order valence-electron chi connectivity index (χ0n) is 8.31. The van der Waals surface area contributed by atoms with Crippen molar-refractivity contribution >= 4 is 17.5 Å². The van der Waals surface area contributed by atoms with Crippen LogP contribution in [0.4, 0.5) is 17.5 Å². The molecule has 0 bridgehead atoms. The van der Waals surface area contributed by atoms with E-state index in [-0.39, 0.29) is 0 Å². The van der Waals surface area contributed by atoms with E-state index in [1.54, 1.807) is 24.7 Å². The first-order valence-corrected chi connectivity index (χ1v) is 4.52. The van der Waals surface area contributed by atoms with Crippen LogP contribution in [-0.4, -0.2) is 15.0 Å². The topological polar surface area (TPSA) is 76.7 Å². The molecule has 15 heavy (non-hydrogen) atoms. The lowest BCUT2D eigenvalue weighted by atomic mass is 10.2. The molecule has 5 nitrogen and oxygen atoms in total. The standard InChI is InChI=1S/C10H11N5/c1-7-2-4-12-6-8(7)14-10-13-5-3-9(11)15-10/h2-6H,1H3,(H3,11,13,14,15). The minimum Gasteiger partial charge on any atom is -0.384 e. The Labute approximate surface area is 87.4 Å². The van der Waals surface area contributed by atoms with Gasteiger partial charge in [0.25, 0.3) is 0 Å². The lowest BCUT2D eigenvalue weighted by Crippen LogP contribution is -2.00. The van der Waals surface area contributed by atoms with Gasteiger partial charge in [-0.05, 0) is 24.6 Å². The molecule has 2 heterocycles. The van der Waals surface area contributed by atoms with Crippen molar-refractivity contribution < 1.29 is 0 Å². The second-order valence-corrected chi connectivity index (χ2v) is 3.12. The van der Waals surface area contributed by atoms with E-state index in [4.69, 9.17) is 5.73 Å². The molecule has 2 aromatic heterocycles. The highest BCUT2D eigenvalue weighted by molar-refractivity contribution is 5.57. The summed E-state index contributed by atoms with van der Waals surface area (Å²) in [7, 11) is 0. The fraction of sp³-hybridized carbons (Fsp3) is 0.100. The third-order valence-electron chi connectivity index (χ3n) is 1.96. The molecule has 2 rings (SSSR count). The van der Waals surface area contributed by atoms with Crippen molar-refractivity contribution in [3.63, 3.8) is 0 Å². The van der Waals surface area contributed by atoms with Gasteiger partial charge in [-0.1, -0.05) is 0 Å². The largest absolute Gasteiger partial charge is 0.384 e. The van der Waals surface area contributed by atoms with Crippen LogP contribution in [0.1, 0.15) is 5.56 Å². The Morgan fingerprint density at radius 2 is 2.13 bits per heavy atom. The zero-order valence-corrected chi connectivity index (χ0v) is 8.31. The number of aromatic nitrogens is 3. The summed E-state index contributed by atoms with van der Waals surface area (Å²) >= 11 is 0. The van der Waals surface area contributed by atoms with E-state index >= 15 is 0 Å². The summed E-state index contributed by atoms with van der Waals surface area (Å²) in [6.07, 6.45) is 5.07. The molecule has 2 aromatic rings. The smallest absolute Gasteiger partial charge is 0.229 e. The van der Waals surface area contributed by atoms with Gasteiger partial charge in [0.15, 0.2) is 0 Å². The molecule has 0 spiro atoms. The third kappa shape index (κ3) is 2.19. The van der Waals surface area contributed by atoms with E-state index in [1.165, 1.54) is 0 Å². The molecule has 0 aliphatic rings. The van der Waals surface area contributed by atoms with Crippen LogP contribution in [0.2, 0.25) is 0 Å². The summed E-state index contributed by atoms with van der Waals surface area (Å²) in [6, 6.07) is 3.55. The van der Waals surface area contributed by atoms with Crippen molar-refractivity contribution in [1.82, 2.24) is 15.0 Å². The maximum absolute atomic E-state index is 5.54. The van der Waals surface area contributed by atoms with Crippen LogP contribution in [0.25, 0.3) is 0 Å². The van der Waals surface area contributed by atoms with Gasteiger partial charge >= 0.3 is 0 Å². The van der Waals surface area contributed by atoms with Crippen molar-refractivity contribution in [3.05, 3.63) is 36.3 Å². The summed E-state index contributed by atoms with van der Waals surface area (Å²) in [5.74, 6) is 0.917. The average Bonchev–Trinajstić information content (AvgIpc) is 2.22. The van der Waals surface area contributed by atoms with Gasteiger partial charge in [-0.3, -0.25) is 4.98 Å². The fourth-order valence-electron chi connectivity index (χ4n) is 1.15. The molecule has 0 saturated carbocycles. The van der Waals surface area contributed by atoms with Crippen LogP contribution in [0.5, 0.6) is 0 Å². The highest BCUT2D eigenvalue weighted by atomic mass is 15.1. The number of rotatable bonds is 2. The quantitative estimate of drug-likeness (QED) is 0.770. The Balaban J connectivity index is 2.26. The number of nitrogen functional groups attached to an aromatic ring is 1. The molecule has 0 atom stereocenters. The molecule has 0 aliphatic carbocycles. The highest BCUT2D eigenvalue weighted by Crippen LogP contribution is 2.15. The van der Waals surface area contributed by atoms with E-state index in [0.717, 1.165) is 11.3 Å². The Morgan fingerprint density at radius 1 is 1.27 bits per heavy atom. The molecule has 0 unspecified atom stereocenters. The average molecular weight is 201 g/mol. The number of nitrogens with one attached hydrogen (secondary N) is 1.